The minimum atomic E-state index is -0.838. The van der Waals surface area contributed by atoms with E-state index < -0.39 is 11.6 Å². The van der Waals surface area contributed by atoms with E-state index in [0.29, 0.717) is 26.3 Å². The molecule has 7 nitrogen and oxygen atoms in total. The van der Waals surface area contributed by atoms with E-state index in [1.54, 1.807) is 13.8 Å². The average Bonchev–Trinajstić information content (AvgIpc) is 3.16. The highest BCUT2D eigenvalue weighted by molar-refractivity contribution is 5.90. The number of nitrogens with zero attached hydrogens (tertiary/aromatic N) is 1. The Bertz CT molecular complexity index is 979. The predicted octanol–water partition coefficient (Wildman–Crippen LogP) is 1.66. The third kappa shape index (κ3) is 5.20. The number of likely N-dealkylation sites (tertiary alicyclic amines) is 1. The Morgan fingerprint density at radius 1 is 1.12 bits per heavy atom. The SMILES string of the molecule is CC(C)([NH3+])C(=O)N[C@H](COCc1ccccc1)C(=O)N1CCC2(CC1)COc1ccccc12. The fraction of sp³-hybridized carbons (Fsp3) is 0.462. The summed E-state index contributed by atoms with van der Waals surface area (Å²) in [5.74, 6) is 0.577. The molecule has 176 valence electrons. The molecule has 0 saturated carbocycles. The molecular formula is C26H34N3O4+. The number of hydrogen-bond donors (Lipinski definition) is 2. The molecule has 0 unspecified atom stereocenters. The number of nitrogens with one attached hydrogen (secondary N) is 1. The molecule has 2 aliphatic rings. The van der Waals surface area contributed by atoms with Gasteiger partial charge in [0.1, 0.15) is 11.8 Å². The van der Waals surface area contributed by atoms with Gasteiger partial charge in [0, 0.05) is 24.1 Å². The highest BCUT2D eigenvalue weighted by atomic mass is 16.5. The zero-order valence-corrected chi connectivity index (χ0v) is 19.5. The van der Waals surface area contributed by atoms with Crippen LogP contribution >= 0.6 is 0 Å². The minimum absolute atomic E-state index is 0.0365. The quantitative estimate of drug-likeness (QED) is 0.668. The largest absolute Gasteiger partial charge is 0.492 e. The van der Waals surface area contributed by atoms with Gasteiger partial charge in [0.05, 0.1) is 19.8 Å². The van der Waals surface area contributed by atoms with Crippen molar-refractivity contribution in [2.75, 3.05) is 26.3 Å². The fourth-order valence-corrected chi connectivity index (χ4v) is 4.51. The molecule has 0 aliphatic carbocycles. The third-order valence-corrected chi connectivity index (χ3v) is 6.61. The number of rotatable bonds is 7. The maximum absolute atomic E-state index is 13.4. The van der Waals surface area contributed by atoms with Crippen molar-refractivity contribution >= 4 is 11.8 Å². The summed E-state index contributed by atoms with van der Waals surface area (Å²) in [4.78, 5) is 27.9. The molecule has 2 aromatic rings. The molecule has 2 amide bonds. The van der Waals surface area contributed by atoms with Crippen LogP contribution in [0.3, 0.4) is 0 Å². The van der Waals surface area contributed by atoms with E-state index in [1.807, 2.05) is 53.4 Å². The second-order valence-electron chi connectivity index (χ2n) is 9.80. The Morgan fingerprint density at radius 2 is 1.79 bits per heavy atom. The van der Waals surface area contributed by atoms with Gasteiger partial charge in [-0.05, 0) is 38.3 Å². The second kappa shape index (κ2) is 9.53. The number of hydrogen-bond acceptors (Lipinski definition) is 4. The fourth-order valence-electron chi connectivity index (χ4n) is 4.51. The van der Waals surface area contributed by atoms with E-state index in [1.165, 1.54) is 5.56 Å². The molecular weight excluding hydrogens is 418 g/mol. The Hall–Kier alpha value is -2.90. The van der Waals surface area contributed by atoms with E-state index in [4.69, 9.17) is 9.47 Å². The van der Waals surface area contributed by atoms with Crippen molar-refractivity contribution in [2.24, 2.45) is 0 Å². The average molecular weight is 453 g/mol. The number of quaternary nitrogens is 1. The molecule has 0 radical (unpaired) electrons. The number of piperidine rings is 1. The van der Waals surface area contributed by atoms with Gasteiger partial charge in [-0.1, -0.05) is 48.5 Å². The van der Waals surface area contributed by atoms with Crippen LogP contribution in [0.25, 0.3) is 0 Å². The van der Waals surface area contributed by atoms with Crippen molar-refractivity contribution in [3.8, 4) is 5.75 Å². The van der Waals surface area contributed by atoms with Crippen LogP contribution < -0.4 is 15.8 Å². The first kappa shape index (κ1) is 23.3. The molecule has 7 heteroatoms. The van der Waals surface area contributed by atoms with Crippen LogP contribution in [0, 0.1) is 0 Å². The summed E-state index contributed by atoms with van der Waals surface area (Å²) in [6, 6.07) is 17.2. The standard InChI is InChI=1S/C26H33N3O4/c1-25(2,27)24(31)28-21(17-32-16-19-8-4-3-5-9-19)23(30)29-14-12-26(13-15-29)18-33-22-11-7-6-10-20(22)26/h3-11,21H,12-18,27H2,1-2H3,(H,28,31)/p+1/t21-/m1/s1. The summed E-state index contributed by atoms with van der Waals surface area (Å²) in [5, 5.41) is 2.87. The lowest BCUT2D eigenvalue weighted by molar-refractivity contribution is -0.446. The first-order valence-electron chi connectivity index (χ1n) is 11.6. The van der Waals surface area contributed by atoms with E-state index in [-0.39, 0.29) is 23.8 Å². The Morgan fingerprint density at radius 3 is 2.48 bits per heavy atom. The van der Waals surface area contributed by atoms with E-state index >= 15 is 0 Å². The zero-order chi connectivity index (χ0) is 23.5. The Labute approximate surface area is 195 Å². The Balaban J connectivity index is 1.40. The van der Waals surface area contributed by atoms with Crippen LogP contribution in [-0.2, 0) is 26.3 Å². The second-order valence-corrected chi connectivity index (χ2v) is 9.80. The molecule has 1 fully saturated rings. The summed E-state index contributed by atoms with van der Waals surface area (Å²) < 4.78 is 11.8. The minimum Gasteiger partial charge on any atom is -0.492 e. The summed E-state index contributed by atoms with van der Waals surface area (Å²) >= 11 is 0. The highest BCUT2D eigenvalue weighted by Crippen LogP contribution is 2.45. The molecule has 2 aliphatic heterocycles. The summed E-state index contributed by atoms with van der Waals surface area (Å²) in [6.45, 7) is 5.86. The van der Waals surface area contributed by atoms with Crippen LogP contribution in [-0.4, -0.2) is 54.6 Å². The molecule has 1 spiro atoms. The first-order valence-corrected chi connectivity index (χ1v) is 11.6. The number of amides is 2. The van der Waals surface area contributed by atoms with Crippen LogP contribution in [0.4, 0.5) is 0 Å². The van der Waals surface area contributed by atoms with Crippen molar-refractivity contribution in [3.05, 3.63) is 65.7 Å². The van der Waals surface area contributed by atoms with Crippen LogP contribution in [0.15, 0.2) is 54.6 Å². The maximum Gasteiger partial charge on any atom is 0.281 e. The monoisotopic (exact) mass is 452 g/mol. The van der Waals surface area contributed by atoms with E-state index in [2.05, 4.69) is 17.1 Å². The van der Waals surface area contributed by atoms with Crippen LogP contribution in [0.2, 0.25) is 0 Å². The Kier molecular flexibility index (Phi) is 6.72. The number of para-hydroxylation sites is 1. The number of benzene rings is 2. The van der Waals surface area contributed by atoms with Gasteiger partial charge in [0.15, 0.2) is 5.54 Å². The van der Waals surface area contributed by atoms with Gasteiger partial charge in [-0.15, -0.1) is 0 Å². The first-order chi connectivity index (χ1) is 15.8. The number of fused-ring (bicyclic) bond motifs is 2. The van der Waals surface area contributed by atoms with Crippen LogP contribution in [0.1, 0.15) is 37.8 Å². The molecule has 0 aromatic heterocycles. The maximum atomic E-state index is 13.4. The van der Waals surface area contributed by atoms with Gasteiger partial charge >= 0.3 is 0 Å². The third-order valence-electron chi connectivity index (χ3n) is 6.61. The number of ether oxygens (including phenoxy) is 2. The number of carbonyl (C=O) groups is 2. The van der Waals surface area contributed by atoms with E-state index in [9.17, 15) is 9.59 Å². The van der Waals surface area contributed by atoms with Gasteiger partial charge in [0.25, 0.3) is 5.91 Å². The lowest BCUT2D eigenvalue weighted by atomic mass is 9.74. The molecule has 4 N–H and O–H groups in total. The molecule has 1 saturated heterocycles. The molecule has 1 atom stereocenters. The molecule has 2 aromatic carbocycles. The summed E-state index contributed by atoms with van der Waals surface area (Å²) in [7, 11) is 0. The van der Waals surface area contributed by atoms with Gasteiger partial charge in [-0.3, -0.25) is 9.59 Å². The number of carbonyl (C=O) groups excluding carboxylic acids is 2. The molecule has 4 rings (SSSR count). The van der Waals surface area contributed by atoms with Gasteiger partial charge in [-0.25, -0.2) is 0 Å². The summed E-state index contributed by atoms with van der Waals surface area (Å²) in [5.41, 5.74) is 5.29. The smallest absolute Gasteiger partial charge is 0.281 e. The van der Waals surface area contributed by atoms with Gasteiger partial charge in [-0.2, -0.15) is 0 Å². The van der Waals surface area contributed by atoms with E-state index in [0.717, 1.165) is 24.2 Å². The van der Waals surface area contributed by atoms with Crippen molar-refractivity contribution in [3.63, 3.8) is 0 Å². The lowest BCUT2D eigenvalue weighted by Gasteiger charge is -2.39. The van der Waals surface area contributed by atoms with Crippen molar-refractivity contribution < 1.29 is 24.8 Å². The summed E-state index contributed by atoms with van der Waals surface area (Å²) in [6.07, 6.45) is 1.67. The van der Waals surface area contributed by atoms with Gasteiger partial charge < -0.3 is 25.4 Å². The van der Waals surface area contributed by atoms with Crippen molar-refractivity contribution in [1.29, 1.82) is 0 Å². The molecule has 0 bridgehead atoms. The van der Waals surface area contributed by atoms with Crippen molar-refractivity contribution in [2.45, 2.75) is 50.3 Å². The highest BCUT2D eigenvalue weighted by Gasteiger charge is 2.44. The normalized spacial score (nSPS) is 17.8. The zero-order valence-electron chi connectivity index (χ0n) is 19.5. The molecule has 2 heterocycles. The van der Waals surface area contributed by atoms with Crippen molar-refractivity contribution in [1.82, 2.24) is 10.2 Å². The van der Waals surface area contributed by atoms with Gasteiger partial charge in [0.2, 0.25) is 5.91 Å². The lowest BCUT2D eigenvalue weighted by Crippen LogP contribution is -2.76. The topological polar surface area (TPSA) is 95.5 Å². The molecule has 33 heavy (non-hydrogen) atoms. The predicted molar refractivity (Wildman–Crippen MR) is 124 cm³/mol. The van der Waals surface area contributed by atoms with Crippen LogP contribution in [0.5, 0.6) is 5.75 Å².